The molecule has 0 N–H and O–H groups in total. The van der Waals surface area contributed by atoms with E-state index in [1.54, 1.807) is 0 Å². The highest BCUT2D eigenvalue weighted by Gasteiger charge is 2.53. The molecule has 0 aliphatic carbocycles. The minimum Gasteiger partial charge on any atom is -0.417 e. The van der Waals surface area contributed by atoms with Crippen molar-refractivity contribution in [2.75, 3.05) is 19.8 Å². The van der Waals surface area contributed by atoms with E-state index in [0.717, 1.165) is 12.1 Å². The molecule has 32 heavy (non-hydrogen) atoms. The quantitative estimate of drug-likeness (QED) is 0.195. The molecule has 0 atom stereocenters. The van der Waals surface area contributed by atoms with Gasteiger partial charge in [-0.1, -0.05) is 0 Å². The molecule has 0 aromatic rings. The van der Waals surface area contributed by atoms with Crippen LogP contribution in [-0.4, -0.2) is 70.9 Å². The molecule has 0 unspecified atom stereocenters. The van der Waals surface area contributed by atoms with E-state index in [2.05, 4.69) is 72.0 Å². The van der Waals surface area contributed by atoms with Gasteiger partial charge in [0.05, 0.1) is 0 Å². The Morgan fingerprint density at radius 2 is 0.750 bits per heavy atom. The Morgan fingerprint density at radius 1 is 0.438 bits per heavy atom. The van der Waals surface area contributed by atoms with Gasteiger partial charge in [-0.3, -0.25) is 0 Å². The molecule has 0 bridgehead atoms. The van der Waals surface area contributed by atoms with E-state index in [0.29, 0.717) is 19.8 Å². The summed E-state index contributed by atoms with van der Waals surface area (Å²) in [5, 5.41) is 0. The predicted octanol–water partition coefficient (Wildman–Crippen LogP) is 6.25. The molecule has 0 aromatic carbocycles. The van der Waals surface area contributed by atoms with Crippen LogP contribution in [0.5, 0.6) is 0 Å². The van der Waals surface area contributed by atoms with Gasteiger partial charge in [0.2, 0.25) is 0 Å². The Morgan fingerprint density at radius 3 is 1.00 bits per heavy atom. The van der Waals surface area contributed by atoms with Crippen molar-refractivity contribution in [1.82, 2.24) is 0 Å². The summed E-state index contributed by atoms with van der Waals surface area (Å²) in [7, 11) is -14.1. The Balaban J connectivity index is 5.96. The molecule has 0 rings (SSSR count). The lowest BCUT2D eigenvalue weighted by atomic mass is 10.9. The van der Waals surface area contributed by atoms with Gasteiger partial charge < -0.3 is 29.7 Å². The lowest BCUT2D eigenvalue weighted by Crippen LogP contribution is -2.61. The van der Waals surface area contributed by atoms with Crippen molar-refractivity contribution in [3.63, 3.8) is 0 Å². The maximum Gasteiger partial charge on any atom is 0.669 e. The van der Waals surface area contributed by atoms with Crippen LogP contribution in [0.1, 0.15) is 20.8 Å². The van der Waals surface area contributed by atoms with E-state index in [1.807, 2.05) is 20.8 Å². The van der Waals surface area contributed by atoms with E-state index < -0.39 is 51.1 Å². The molecule has 0 amide bonds. The van der Waals surface area contributed by atoms with Crippen molar-refractivity contribution < 1.29 is 29.7 Å². The van der Waals surface area contributed by atoms with Gasteiger partial charge in [-0.25, -0.2) is 0 Å². The molecule has 7 nitrogen and oxygen atoms in total. The zero-order valence-corrected chi connectivity index (χ0v) is 29.4. The summed E-state index contributed by atoms with van der Waals surface area (Å²) in [6, 6.07) is 1.58. The van der Waals surface area contributed by atoms with Gasteiger partial charge in [0, 0.05) is 25.9 Å². The lowest BCUT2D eigenvalue weighted by molar-refractivity contribution is 0.00690. The van der Waals surface area contributed by atoms with Crippen LogP contribution in [0.4, 0.5) is 0 Å². The number of rotatable bonds is 17. The first kappa shape index (κ1) is 33.0. The Kier molecular flexibility index (Phi) is 13.2. The third-order valence-corrected chi connectivity index (χ3v) is 22.8. The van der Waals surface area contributed by atoms with Crippen molar-refractivity contribution in [2.24, 2.45) is 0 Å². The third kappa shape index (κ3) is 14.4. The van der Waals surface area contributed by atoms with E-state index >= 15 is 0 Å². The van der Waals surface area contributed by atoms with Crippen LogP contribution in [0.3, 0.4) is 0 Å². The van der Waals surface area contributed by atoms with Crippen LogP contribution in [0.15, 0.2) is 0 Å². The Bertz CT molecular complexity index is 486. The molecule has 0 aliphatic heterocycles. The fraction of sp³-hybridized carbons (Fsp3) is 1.00. The van der Waals surface area contributed by atoms with E-state index in [-0.39, 0.29) is 0 Å². The van der Waals surface area contributed by atoms with Gasteiger partial charge in [0.15, 0.2) is 33.3 Å². The highest BCUT2D eigenvalue weighted by molar-refractivity contribution is 6.91. The standard InChI is InChI=1S/C19H52O7Si6/c1-15-20-32(21-16-2,22-17-3)26-30(13,14)18-19-31(23-27(4,5)6,24-28(7,8)9)25-29(10,11)12/h15-19H2,1-14H3. The highest BCUT2D eigenvalue weighted by Crippen LogP contribution is 2.33. The first-order valence-electron chi connectivity index (χ1n) is 11.9. The molecular formula is C19H52O7Si6. The molecule has 0 fully saturated rings. The summed E-state index contributed by atoms with van der Waals surface area (Å²) in [6.45, 7) is 31.6. The zero-order chi connectivity index (χ0) is 25.5. The first-order valence-corrected chi connectivity index (χ1v) is 28.8. The smallest absolute Gasteiger partial charge is 0.417 e. The molecule has 0 saturated carbocycles. The van der Waals surface area contributed by atoms with Gasteiger partial charge in [-0.05, 0) is 98.8 Å². The number of hydrogen-bond acceptors (Lipinski definition) is 7. The summed E-state index contributed by atoms with van der Waals surface area (Å²) in [6.07, 6.45) is 0. The second-order valence-corrected chi connectivity index (χ2v) is 35.2. The van der Waals surface area contributed by atoms with Gasteiger partial charge in [-0.15, -0.1) is 0 Å². The second kappa shape index (κ2) is 12.8. The van der Waals surface area contributed by atoms with Crippen LogP contribution < -0.4 is 0 Å². The fourth-order valence-electron chi connectivity index (χ4n) is 3.20. The fourth-order valence-corrected chi connectivity index (χ4v) is 26.0. The average molecular weight is 561 g/mol. The molecule has 0 aromatic heterocycles. The van der Waals surface area contributed by atoms with Gasteiger partial charge in [0.25, 0.3) is 0 Å². The zero-order valence-electron chi connectivity index (χ0n) is 23.4. The van der Waals surface area contributed by atoms with Crippen LogP contribution in [0.2, 0.25) is 84.1 Å². The van der Waals surface area contributed by atoms with Crippen molar-refractivity contribution in [3.05, 3.63) is 0 Å². The SMILES string of the molecule is CCO[Si](OCC)(OCC)O[Si](C)(C)CC[Si](O[Si](C)(C)C)(O[Si](C)(C)C)O[Si](C)(C)C. The van der Waals surface area contributed by atoms with Crippen LogP contribution in [-0.2, 0) is 29.7 Å². The topological polar surface area (TPSA) is 64.6 Å². The van der Waals surface area contributed by atoms with Gasteiger partial charge in [-0.2, -0.15) is 0 Å². The van der Waals surface area contributed by atoms with Gasteiger partial charge >= 0.3 is 17.9 Å². The highest BCUT2D eigenvalue weighted by atomic mass is 28.5. The van der Waals surface area contributed by atoms with Crippen molar-refractivity contribution in [1.29, 1.82) is 0 Å². The molecule has 194 valence electrons. The third-order valence-electron chi connectivity index (χ3n) is 3.78. The first-order chi connectivity index (χ1) is 14.2. The molecule has 0 saturated heterocycles. The van der Waals surface area contributed by atoms with Crippen LogP contribution in [0, 0.1) is 0 Å². The summed E-state index contributed by atoms with van der Waals surface area (Å²) in [5.41, 5.74) is 0. The largest absolute Gasteiger partial charge is 0.669 e. The molecule has 0 aliphatic rings. The van der Waals surface area contributed by atoms with E-state index in [9.17, 15) is 0 Å². The summed E-state index contributed by atoms with van der Waals surface area (Å²) in [5.74, 6) is 0. The normalized spacial score (nSPS) is 14.8. The van der Waals surface area contributed by atoms with E-state index in [4.69, 9.17) is 29.7 Å². The Labute approximate surface area is 205 Å². The Hall–Kier alpha value is 1.02. The predicted molar refractivity (Wildman–Crippen MR) is 148 cm³/mol. The molecule has 0 heterocycles. The minimum atomic E-state index is -3.19. The molecule has 13 heteroatoms. The summed E-state index contributed by atoms with van der Waals surface area (Å²) in [4.78, 5) is 0. The van der Waals surface area contributed by atoms with Gasteiger partial charge in [0.1, 0.15) is 0 Å². The maximum absolute atomic E-state index is 6.83. The average Bonchev–Trinajstić information content (AvgIpc) is 2.48. The summed E-state index contributed by atoms with van der Waals surface area (Å²) >= 11 is 0. The van der Waals surface area contributed by atoms with Crippen molar-refractivity contribution in [2.45, 2.75) is 105 Å². The maximum atomic E-state index is 6.83. The van der Waals surface area contributed by atoms with E-state index in [1.165, 1.54) is 0 Å². The monoisotopic (exact) mass is 560 g/mol. The van der Waals surface area contributed by atoms with Crippen molar-refractivity contribution >= 4 is 51.1 Å². The second-order valence-electron chi connectivity index (χ2n) is 11.5. The molecule has 0 spiro atoms. The number of hydrogen-bond donors (Lipinski definition) is 0. The lowest BCUT2D eigenvalue weighted by Gasteiger charge is -2.44. The summed E-state index contributed by atoms with van der Waals surface area (Å²) < 4.78 is 45.0. The van der Waals surface area contributed by atoms with Crippen LogP contribution >= 0.6 is 0 Å². The molecule has 0 radical (unpaired) electrons. The minimum absolute atomic E-state index is 0.492. The molecular weight excluding hydrogens is 509 g/mol. The van der Waals surface area contributed by atoms with Crippen LogP contribution in [0.25, 0.3) is 0 Å². The van der Waals surface area contributed by atoms with Crippen molar-refractivity contribution in [3.8, 4) is 0 Å².